The van der Waals surface area contributed by atoms with E-state index in [0.29, 0.717) is 18.9 Å². The number of fused-ring (bicyclic) bond motifs is 1. The lowest BCUT2D eigenvalue weighted by Crippen LogP contribution is -2.48. The van der Waals surface area contributed by atoms with E-state index >= 15 is 0 Å². The first kappa shape index (κ1) is 19.9. The second kappa shape index (κ2) is 8.25. The monoisotopic (exact) mass is 412 g/mol. The van der Waals surface area contributed by atoms with Gasteiger partial charge in [0.2, 0.25) is 5.91 Å². The molecule has 5 nitrogen and oxygen atoms in total. The maximum absolute atomic E-state index is 11.7. The van der Waals surface area contributed by atoms with Crippen LogP contribution in [0.25, 0.3) is 10.8 Å². The maximum atomic E-state index is 11.7. The lowest BCUT2D eigenvalue weighted by atomic mass is 9.78. The summed E-state index contributed by atoms with van der Waals surface area (Å²) in [5, 5.41) is 14.4. The van der Waals surface area contributed by atoms with Crippen molar-refractivity contribution in [1.29, 1.82) is 0 Å². The van der Waals surface area contributed by atoms with E-state index in [1.54, 1.807) is 0 Å². The molecule has 1 fully saturated rings. The third kappa shape index (κ3) is 3.75. The Balaban J connectivity index is 1.70. The van der Waals surface area contributed by atoms with Crippen LogP contribution in [0.4, 0.5) is 0 Å². The molecule has 0 saturated carbocycles. The Morgan fingerprint density at radius 2 is 1.74 bits per heavy atom. The quantitative estimate of drug-likeness (QED) is 0.599. The molecule has 0 bridgehead atoms. The number of hydrogen-bond acceptors (Lipinski definition) is 4. The van der Waals surface area contributed by atoms with Gasteiger partial charge < -0.3 is 5.32 Å². The molecule has 0 aromatic heterocycles. The third-order valence-electron chi connectivity index (χ3n) is 6.56. The first-order valence-corrected chi connectivity index (χ1v) is 11.1. The first-order valence-electron chi connectivity index (χ1n) is 11.1. The minimum atomic E-state index is -0.419. The molecule has 2 aliphatic rings. The summed E-state index contributed by atoms with van der Waals surface area (Å²) >= 11 is 0. The van der Waals surface area contributed by atoms with Crippen molar-refractivity contribution in [1.82, 2.24) is 16.1 Å². The Kier molecular flexibility index (Phi) is 5.30. The lowest BCUT2D eigenvalue weighted by molar-refractivity contribution is -0.121. The Bertz CT molecular complexity index is 1140. The van der Waals surface area contributed by atoms with Crippen LogP contribution >= 0.6 is 0 Å². The summed E-state index contributed by atoms with van der Waals surface area (Å²) in [6, 6.07) is 24.0. The van der Waals surface area contributed by atoms with Crippen LogP contribution in [0.2, 0.25) is 0 Å². The molecule has 2 heterocycles. The summed E-state index contributed by atoms with van der Waals surface area (Å²) in [6.45, 7) is 4.27. The molecule has 158 valence electrons. The van der Waals surface area contributed by atoms with Crippen molar-refractivity contribution < 1.29 is 4.79 Å². The van der Waals surface area contributed by atoms with Gasteiger partial charge in [-0.1, -0.05) is 66.7 Å². The topological polar surface area (TPSA) is 65.5 Å². The molecule has 1 amide bonds. The molecule has 0 unspecified atom stereocenters. The zero-order valence-electron chi connectivity index (χ0n) is 17.8. The molecule has 0 spiro atoms. The maximum Gasteiger partial charge on any atom is 0.240 e. The van der Waals surface area contributed by atoms with Gasteiger partial charge in [0.05, 0.1) is 11.3 Å². The molecule has 1 saturated heterocycles. The highest BCUT2D eigenvalue weighted by molar-refractivity contribution is 6.05. The van der Waals surface area contributed by atoms with Crippen molar-refractivity contribution in [2.24, 2.45) is 5.10 Å². The molecule has 5 rings (SSSR count). The molecule has 0 radical (unpaired) electrons. The number of nitrogens with one attached hydrogen (secondary N) is 3. The second-order valence-corrected chi connectivity index (χ2v) is 8.62. The highest BCUT2D eigenvalue weighted by Crippen LogP contribution is 2.37. The van der Waals surface area contributed by atoms with Crippen LogP contribution in [0.1, 0.15) is 42.9 Å². The van der Waals surface area contributed by atoms with Gasteiger partial charge in [0.25, 0.3) is 0 Å². The molecule has 0 aliphatic carbocycles. The van der Waals surface area contributed by atoms with Crippen LogP contribution in [0.5, 0.6) is 0 Å². The minimum Gasteiger partial charge on any atom is -0.315 e. The number of rotatable bonds is 5. The number of benzene rings is 3. The SMILES string of the molecule is C[C@@](N[C@@H]1CCNC1)(c1ccccc1C1=NNC(=O)CC1)c1cccc2ccccc12. The van der Waals surface area contributed by atoms with E-state index in [9.17, 15) is 4.79 Å². The van der Waals surface area contributed by atoms with Crippen molar-refractivity contribution in [3.63, 3.8) is 0 Å². The van der Waals surface area contributed by atoms with E-state index in [1.165, 1.54) is 21.9 Å². The van der Waals surface area contributed by atoms with Gasteiger partial charge in [-0.15, -0.1) is 0 Å². The van der Waals surface area contributed by atoms with Gasteiger partial charge in [0, 0.05) is 31.0 Å². The summed E-state index contributed by atoms with van der Waals surface area (Å²) in [5.74, 6) is -0.0202. The van der Waals surface area contributed by atoms with Crippen LogP contribution in [0.3, 0.4) is 0 Å². The highest BCUT2D eigenvalue weighted by atomic mass is 16.2. The van der Waals surface area contributed by atoms with Gasteiger partial charge in [-0.2, -0.15) is 5.10 Å². The van der Waals surface area contributed by atoms with E-state index < -0.39 is 5.54 Å². The van der Waals surface area contributed by atoms with Crippen LogP contribution in [-0.4, -0.2) is 30.8 Å². The number of nitrogens with zero attached hydrogens (tertiary/aromatic N) is 1. The number of hydrazone groups is 1. The zero-order valence-corrected chi connectivity index (χ0v) is 17.8. The van der Waals surface area contributed by atoms with Crippen molar-refractivity contribution in [2.45, 2.75) is 37.8 Å². The molecule has 2 atom stereocenters. The van der Waals surface area contributed by atoms with E-state index in [-0.39, 0.29) is 5.91 Å². The van der Waals surface area contributed by atoms with Crippen LogP contribution in [0, 0.1) is 0 Å². The molecule has 2 aliphatic heterocycles. The van der Waals surface area contributed by atoms with E-state index in [1.807, 2.05) is 0 Å². The third-order valence-corrected chi connectivity index (χ3v) is 6.56. The van der Waals surface area contributed by atoms with Gasteiger partial charge >= 0.3 is 0 Å². The van der Waals surface area contributed by atoms with E-state index in [2.05, 4.69) is 94.8 Å². The van der Waals surface area contributed by atoms with E-state index in [0.717, 1.165) is 30.8 Å². The Hall–Kier alpha value is -3.02. The largest absolute Gasteiger partial charge is 0.315 e. The predicted molar refractivity (Wildman–Crippen MR) is 125 cm³/mol. The summed E-state index contributed by atoms with van der Waals surface area (Å²) < 4.78 is 0. The molecule has 5 heteroatoms. The summed E-state index contributed by atoms with van der Waals surface area (Å²) in [6.07, 6.45) is 2.22. The molecular weight excluding hydrogens is 384 g/mol. The Labute approximate surface area is 182 Å². The predicted octanol–water partition coefficient (Wildman–Crippen LogP) is 3.67. The van der Waals surface area contributed by atoms with Crippen LogP contribution in [-0.2, 0) is 10.3 Å². The van der Waals surface area contributed by atoms with Crippen LogP contribution < -0.4 is 16.1 Å². The Morgan fingerprint density at radius 3 is 2.55 bits per heavy atom. The van der Waals surface area contributed by atoms with Crippen LogP contribution in [0.15, 0.2) is 71.8 Å². The number of carbonyl (C=O) groups is 1. The summed E-state index contributed by atoms with van der Waals surface area (Å²) in [4.78, 5) is 11.7. The molecule has 3 aromatic rings. The van der Waals surface area contributed by atoms with Gasteiger partial charge in [-0.3, -0.25) is 10.1 Å². The van der Waals surface area contributed by atoms with Crippen molar-refractivity contribution in [3.05, 3.63) is 83.4 Å². The average Bonchev–Trinajstić information content (AvgIpc) is 3.32. The van der Waals surface area contributed by atoms with Gasteiger partial charge in [-0.05, 0) is 41.8 Å². The fourth-order valence-corrected chi connectivity index (χ4v) is 4.99. The number of hydrogen-bond donors (Lipinski definition) is 3. The van der Waals surface area contributed by atoms with Crippen molar-refractivity contribution in [3.8, 4) is 0 Å². The average molecular weight is 413 g/mol. The van der Waals surface area contributed by atoms with Crippen molar-refractivity contribution >= 4 is 22.4 Å². The fraction of sp³-hybridized carbons (Fsp3) is 0.308. The summed E-state index contributed by atoms with van der Waals surface area (Å²) in [5.41, 5.74) is 6.73. The molecule has 31 heavy (non-hydrogen) atoms. The zero-order chi connectivity index (χ0) is 21.3. The van der Waals surface area contributed by atoms with Crippen molar-refractivity contribution in [2.75, 3.05) is 13.1 Å². The summed E-state index contributed by atoms with van der Waals surface area (Å²) in [7, 11) is 0. The number of carbonyl (C=O) groups excluding carboxylic acids is 1. The molecular formula is C26H28N4O. The molecule has 3 aromatic carbocycles. The highest BCUT2D eigenvalue weighted by Gasteiger charge is 2.36. The Morgan fingerprint density at radius 1 is 0.968 bits per heavy atom. The normalized spacial score (nSPS) is 20.9. The minimum absolute atomic E-state index is 0.0202. The smallest absolute Gasteiger partial charge is 0.240 e. The fourth-order valence-electron chi connectivity index (χ4n) is 4.99. The van der Waals surface area contributed by atoms with Gasteiger partial charge in [0.15, 0.2) is 0 Å². The first-order chi connectivity index (χ1) is 15.1. The van der Waals surface area contributed by atoms with Gasteiger partial charge in [0.1, 0.15) is 0 Å². The molecule has 3 N–H and O–H groups in total. The second-order valence-electron chi connectivity index (χ2n) is 8.62. The number of amides is 1. The standard InChI is InChI=1S/C26H28N4O/c1-26(28-19-15-16-27-17-19,22-12-6-8-18-7-2-3-9-20(18)22)23-11-5-4-10-21(23)24-13-14-25(31)30-29-24/h2-12,19,27-28H,13-17H2,1H3,(H,30,31)/t19-,26+/m1/s1. The van der Waals surface area contributed by atoms with E-state index in [4.69, 9.17) is 0 Å². The van der Waals surface area contributed by atoms with Gasteiger partial charge in [-0.25, -0.2) is 5.43 Å². The lowest BCUT2D eigenvalue weighted by Gasteiger charge is -2.37.